The van der Waals surface area contributed by atoms with Gasteiger partial charge in [0.1, 0.15) is 22.2 Å². The number of benzene rings is 2. The van der Waals surface area contributed by atoms with Gasteiger partial charge in [-0.05, 0) is 41.8 Å². The van der Waals surface area contributed by atoms with Gasteiger partial charge < -0.3 is 4.74 Å². The van der Waals surface area contributed by atoms with E-state index in [0.29, 0.717) is 17.6 Å². The third kappa shape index (κ3) is 3.63. The third-order valence-electron chi connectivity index (χ3n) is 5.19. The lowest BCUT2D eigenvalue weighted by atomic mass is 10.0. The van der Waals surface area contributed by atoms with E-state index in [9.17, 15) is 9.18 Å². The molecular weight excluding hydrogens is 399 g/mol. The largest absolute Gasteiger partial charge is 0.497 e. The molecule has 4 rings (SSSR count). The van der Waals surface area contributed by atoms with Crippen molar-refractivity contribution in [2.24, 2.45) is 0 Å². The first-order valence-corrected chi connectivity index (χ1v) is 10.8. The molecule has 0 spiro atoms. The first-order valence-electron chi connectivity index (χ1n) is 9.99. The average Bonchev–Trinajstić information content (AvgIpc) is 3.14. The molecule has 0 amide bonds. The first kappa shape index (κ1) is 20.3. The minimum Gasteiger partial charge on any atom is -0.497 e. The van der Waals surface area contributed by atoms with Crippen LogP contribution in [-0.2, 0) is 19.4 Å². The van der Waals surface area contributed by atoms with E-state index >= 15 is 0 Å². The Morgan fingerprint density at radius 2 is 1.90 bits per heavy atom. The number of aryl methyl sites for hydroxylation is 2. The Hall–Kier alpha value is -2.99. The summed E-state index contributed by atoms with van der Waals surface area (Å²) >= 11 is 1.57. The van der Waals surface area contributed by atoms with Gasteiger partial charge in [-0.2, -0.15) is 0 Å². The van der Waals surface area contributed by atoms with E-state index in [0.717, 1.165) is 38.6 Å². The summed E-state index contributed by atoms with van der Waals surface area (Å²) in [4.78, 5) is 20.4. The minimum atomic E-state index is -0.312. The van der Waals surface area contributed by atoms with Crippen LogP contribution in [0.4, 0.5) is 4.39 Å². The topological polar surface area (TPSA) is 44.1 Å². The standard InChI is InChI=1S/C24H23FN2O2S/c1-4-19-21(16-9-7-11-18(13-16)29-3)22-23(30-19)26-20(5-2)27(24(22)28)14-15-8-6-10-17(25)12-15/h6-13H,4-5,14H2,1-3H3. The van der Waals surface area contributed by atoms with Crippen LogP contribution in [0.15, 0.2) is 53.3 Å². The van der Waals surface area contributed by atoms with Gasteiger partial charge in [-0.1, -0.05) is 38.1 Å². The van der Waals surface area contributed by atoms with Gasteiger partial charge in [0.25, 0.3) is 5.56 Å². The highest BCUT2D eigenvalue weighted by Gasteiger charge is 2.21. The zero-order valence-corrected chi connectivity index (χ0v) is 18.1. The maximum Gasteiger partial charge on any atom is 0.263 e. The summed E-state index contributed by atoms with van der Waals surface area (Å²) in [6.07, 6.45) is 1.42. The Labute approximate surface area is 178 Å². The van der Waals surface area contributed by atoms with Gasteiger partial charge in [0.15, 0.2) is 0 Å². The number of aromatic nitrogens is 2. The van der Waals surface area contributed by atoms with E-state index in [2.05, 4.69) is 6.92 Å². The third-order valence-corrected chi connectivity index (χ3v) is 6.42. The number of thiophene rings is 1. The molecule has 0 atom stereocenters. The number of methoxy groups -OCH3 is 1. The molecular formula is C24H23FN2O2S. The molecule has 0 unspecified atom stereocenters. The summed E-state index contributed by atoms with van der Waals surface area (Å²) in [5.41, 5.74) is 2.51. The fourth-order valence-corrected chi connectivity index (χ4v) is 4.90. The van der Waals surface area contributed by atoms with Crippen LogP contribution < -0.4 is 10.3 Å². The van der Waals surface area contributed by atoms with Crippen LogP contribution in [0.5, 0.6) is 5.75 Å². The molecule has 4 nitrogen and oxygen atoms in total. The molecule has 2 aromatic heterocycles. The highest BCUT2D eigenvalue weighted by atomic mass is 32.1. The van der Waals surface area contributed by atoms with Crippen LogP contribution in [0.1, 0.15) is 30.1 Å². The Balaban J connectivity index is 1.98. The minimum absolute atomic E-state index is 0.0881. The fourth-order valence-electron chi connectivity index (χ4n) is 3.76. The molecule has 0 bridgehead atoms. The molecule has 6 heteroatoms. The van der Waals surface area contributed by atoms with E-state index in [1.54, 1.807) is 29.1 Å². The normalized spacial score (nSPS) is 11.2. The summed E-state index contributed by atoms with van der Waals surface area (Å²) in [7, 11) is 1.63. The highest BCUT2D eigenvalue weighted by molar-refractivity contribution is 7.19. The summed E-state index contributed by atoms with van der Waals surface area (Å²) in [5.74, 6) is 1.14. The molecule has 2 aromatic carbocycles. The van der Waals surface area contributed by atoms with Crippen LogP contribution in [-0.4, -0.2) is 16.7 Å². The zero-order valence-electron chi connectivity index (χ0n) is 17.2. The molecule has 0 saturated carbocycles. The summed E-state index contributed by atoms with van der Waals surface area (Å²) in [6.45, 7) is 4.35. The van der Waals surface area contributed by atoms with Gasteiger partial charge in [-0.15, -0.1) is 11.3 Å². The number of nitrogens with zero attached hydrogens (tertiary/aromatic N) is 2. The van der Waals surface area contributed by atoms with Crippen molar-refractivity contribution in [3.05, 3.63) is 81.0 Å². The summed E-state index contributed by atoms with van der Waals surface area (Å²) in [5, 5.41) is 0.624. The SMILES string of the molecule is CCc1sc2nc(CC)n(Cc3cccc(F)c3)c(=O)c2c1-c1cccc(OC)c1. The maximum absolute atomic E-state index is 13.7. The number of rotatable bonds is 6. The zero-order chi connectivity index (χ0) is 21.3. The van der Waals surface area contributed by atoms with Crippen LogP contribution >= 0.6 is 11.3 Å². The van der Waals surface area contributed by atoms with Crippen LogP contribution in [0.25, 0.3) is 21.3 Å². The Morgan fingerprint density at radius 3 is 2.60 bits per heavy atom. The first-order chi connectivity index (χ1) is 14.5. The summed E-state index contributed by atoms with van der Waals surface area (Å²) in [6, 6.07) is 14.1. The van der Waals surface area contributed by atoms with Crippen LogP contribution in [0.3, 0.4) is 0 Å². The maximum atomic E-state index is 13.7. The average molecular weight is 423 g/mol. The van der Waals surface area contributed by atoms with Gasteiger partial charge in [0.05, 0.1) is 19.0 Å². The van der Waals surface area contributed by atoms with Crippen molar-refractivity contribution in [2.45, 2.75) is 33.2 Å². The number of ether oxygens (including phenoxy) is 1. The lowest BCUT2D eigenvalue weighted by Gasteiger charge is -2.12. The van der Waals surface area contributed by atoms with Crippen molar-refractivity contribution in [3.63, 3.8) is 0 Å². The Morgan fingerprint density at radius 1 is 1.10 bits per heavy atom. The molecule has 154 valence electrons. The number of hydrogen-bond donors (Lipinski definition) is 0. The van der Waals surface area contributed by atoms with Gasteiger partial charge >= 0.3 is 0 Å². The second-order valence-electron chi connectivity index (χ2n) is 7.07. The predicted octanol–water partition coefficient (Wildman–Crippen LogP) is 5.45. The van der Waals surface area contributed by atoms with Gasteiger partial charge in [0, 0.05) is 16.9 Å². The molecule has 2 heterocycles. The lowest BCUT2D eigenvalue weighted by Crippen LogP contribution is -2.25. The van der Waals surface area contributed by atoms with Crippen molar-refractivity contribution in [1.82, 2.24) is 9.55 Å². The quantitative estimate of drug-likeness (QED) is 0.415. The Bertz CT molecular complexity index is 1280. The molecule has 0 radical (unpaired) electrons. The molecule has 0 fully saturated rings. The molecule has 0 aliphatic heterocycles. The van der Waals surface area contributed by atoms with Crippen molar-refractivity contribution < 1.29 is 9.13 Å². The second kappa shape index (κ2) is 8.40. The highest BCUT2D eigenvalue weighted by Crippen LogP contribution is 2.38. The van der Waals surface area contributed by atoms with E-state index < -0.39 is 0 Å². The van der Waals surface area contributed by atoms with E-state index in [1.165, 1.54) is 12.1 Å². The summed E-state index contributed by atoms with van der Waals surface area (Å²) < 4.78 is 20.8. The molecule has 30 heavy (non-hydrogen) atoms. The van der Waals surface area contributed by atoms with Gasteiger partial charge in [0.2, 0.25) is 0 Å². The number of hydrogen-bond acceptors (Lipinski definition) is 4. The van der Waals surface area contributed by atoms with E-state index in [1.807, 2.05) is 37.3 Å². The van der Waals surface area contributed by atoms with Crippen LogP contribution in [0, 0.1) is 5.82 Å². The molecule has 4 aromatic rings. The number of fused-ring (bicyclic) bond motifs is 1. The Kier molecular flexibility index (Phi) is 5.68. The second-order valence-corrected chi connectivity index (χ2v) is 8.15. The van der Waals surface area contributed by atoms with E-state index in [-0.39, 0.29) is 17.9 Å². The smallest absolute Gasteiger partial charge is 0.263 e. The number of halogens is 1. The van der Waals surface area contributed by atoms with Crippen molar-refractivity contribution in [2.75, 3.05) is 7.11 Å². The van der Waals surface area contributed by atoms with Gasteiger partial charge in [-0.25, -0.2) is 9.37 Å². The predicted molar refractivity (Wildman–Crippen MR) is 120 cm³/mol. The molecule has 0 N–H and O–H groups in total. The monoisotopic (exact) mass is 422 g/mol. The van der Waals surface area contributed by atoms with Crippen molar-refractivity contribution in [3.8, 4) is 16.9 Å². The molecule has 0 saturated heterocycles. The fraction of sp³-hybridized carbons (Fsp3) is 0.250. The molecule has 0 aliphatic carbocycles. The van der Waals surface area contributed by atoms with Crippen molar-refractivity contribution >= 4 is 21.6 Å². The van der Waals surface area contributed by atoms with Crippen LogP contribution in [0.2, 0.25) is 0 Å². The van der Waals surface area contributed by atoms with E-state index in [4.69, 9.17) is 9.72 Å². The van der Waals surface area contributed by atoms with Crippen molar-refractivity contribution in [1.29, 1.82) is 0 Å². The van der Waals surface area contributed by atoms with Gasteiger partial charge in [-0.3, -0.25) is 9.36 Å². The molecule has 0 aliphatic rings. The lowest BCUT2D eigenvalue weighted by molar-refractivity contribution is 0.415.